The lowest BCUT2D eigenvalue weighted by Gasteiger charge is -2.43. The molecule has 3 heterocycles. The highest BCUT2D eigenvalue weighted by Crippen LogP contribution is 2.43. The standard InChI is InChI=1S/C22H26N2O4/c1-27-20(25)8-7-14-13-24-10-9-17-16-5-3-4-6-18(16)23-22(17)19(24)11-15(14)12-21(26)28-2/h3-6,12,14,19,23H,7-11,13H2,1-2H3/b15-12+/t14-,19-/m0/s1. The van der Waals surface area contributed by atoms with E-state index in [2.05, 4.69) is 28.1 Å². The third kappa shape index (κ3) is 3.44. The van der Waals surface area contributed by atoms with E-state index in [-0.39, 0.29) is 23.9 Å². The molecule has 0 aliphatic carbocycles. The largest absolute Gasteiger partial charge is 0.469 e. The maximum absolute atomic E-state index is 12.0. The van der Waals surface area contributed by atoms with Crippen LogP contribution in [0.25, 0.3) is 10.9 Å². The fourth-order valence-corrected chi connectivity index (χ4v) is 4.67. The van der Waals surface area contributed by atoms with Crippen molar-refractivity contribution in [2.45, 2.75) is 31.7 Å². The first-order valence-corrected chi connectivity index (χ1v) is 9.79. The van der Waals surface area contributed by atoms with Crippen LogP contribution in [0, 0.1) is 5.92 Å². The van der Waals surface area contributed by atoms with Crippen LogP contribution in [-0.4, -0.2) is 49.1 Å². The second kappa shape index (κ2) is 7.80. The molecular weight excluding hydrogens is 356 g/mol. The van der Waals surface area contributed by atoms with E-state index in [1.165, 1.54) is 36.4 Å². The van der Waals surface area contributed by atoms with E-state index >= 15 is 0 Å². The Balaban J connectivity index is 1.64. The first-order valence-electron chi connectivity index (χ1n) is 9.79. The third-order valence-electron chi connectivity index (χ3n) is 6.11. The molecule has 0 unspecified atom stereocenters. The van der Waals surface area contributed by atoms with E-state index in [0.29, 0.717) is 12.8 Å². The van der Waals surface area contributed by atoms with Crippen LogP contribution in [0.15, 0.2) is 35.9 Å². The summed E-state index contributed by atoms with van der Waals surface area (Å²) >= 11 is 0. The number of para-hydroxylation sites is 1. The maximum Gasteiger partial charge on any atom is 0.330 e. The molecule has 0 amide bonds. The van der Waals surface area contributed by atoms with E-state index in [1.807, 2.05) is 6.07 Å². The van der Waals surface area contributed by atoms with E-state index in [0.717, 1.165) is 31.5 Å². The van der Waals surface area contributed by atoms with Crippen LogP contribution in [0.1, 0.15) is 36.6 Å². The molecule has 4 rings (SSSR count). The fraction of sp³-hybridized carbons (Fsp3) is 0.455. The van der Waals surface area contributed by atoms with Gasteiger partial charge in [-0.05, 0) is 36.8 Å². The number of benzene rings is 1. The van der Waals surface area contributed by atoms with Gasteiger partial charge in [0, 0.05) is 42.2 Å². The number of hydrogen-bond acceptors (Lipinski definition) is 5. The van der Waals surface area contributed by atoms with Gasteiger partial charge in [-0.1, -0.05) is 23.8 Å². The highest BCUT2D eigenvalue weighted by Gasteiger charge is 2.37. The van der Waals surface area contributed by atoms with E-state index in [1.54, 1.807) is 6.08 Å². The van der Waals surface area contributed by atoms with Gasteiger partial charge in [0.05, 0.1) is 20.3 Å². The Morgan fingerprint density at radius 3 is 2.86 bits per heavy atom. The molecule has 2 aliphatic heterocycles. The van der Waals surface area contributed by atoms with Gasteiger partial charge in [-0.15, -0.1) is 0 Å². The van der Waals surface area contributed by atoms with Crippen LogP contribution < -0.4 is 0 Å². The Bertz CT molecular complexity index is 930. The topological polar surface area (TPSA) is 71.6 Å². The Hall–Kier alpha value is -2.60. The number of methoxy groups -OCH3 is 2. The molecule has 6 heteroatoms. The number of esters is 2. The zero-order chi connectivity index (χ0) is 19.7. The van der Waals surface area contributed by atoms with Crippen molar-refractivity contribution in [1.82, 2.24) is 9.88 Å². The van der Waals surface area contributed by atoms with Gasteiger partial charge in [0.2, 0.25) is 0 Å². The molecule has 0 spiro atoms. The normalized spacial score (nSPS) is 23.3. The number of carbonyl (C=O) groups excluding carboxylic acids is 2. The summed E-state index contributed by atoms with van der Waals surface area (Å²) in [5, 5.41) is 1.29. The number of rotatable bonds is 4. The molecule has 28 heavy (non-hydrogen) atoms. The first kappa shape index (κ1) is 18.7. The molecule has 2 atom stereocenters. The molecule has 2 aliphatic rings. The number of piperidine rings is 1. The zero-order valence-corrected chi connectivity index (χ0v) is 16.4. The average Bonchev–Trinajstić information content (AvgIpc) is 3.11. The molecule has 1 aromatic heterocycles. The molecule has 6 nitrogen and oxygen atoms in total. The van der Waals surface area contributed by atoms with Gasteiger partial charge in [0.1, 0.15) is 0 Å². The summed E-state index contributed by atoms with van der Waals surface area (Å²) in [5.74, 6) is -0.393. The highest BCUT2D eigenvalue weighted by molar-refractivity contribution is 5.85. The number of aromatic amines is 1. The minimum absolute atomic E-state index is 0.153. The summed E-state index contributed by atoms with van der Waals surface area (Å²) in [7, 11) is 2.81. The van der Waals surface area contributed by atoms with Crippen LogP contribution in [-0.2, 0) is 25.5 Å². The molecular formula is C22H26N2O4. The number of carbonyl (C=O) groups is 2. The molecule has 0 bridgehead atoms. The lowest BCUT2D eigenvalue weighted by Crippen LogP contribution is -2.43. The first-order chi connectivity index (χ1) is 13.6. The van der Waals surface area contributed by atoms with Crippen LogP contribution in [0.2, 0.25) is 0 Å². The number of ether oxygens (including phenoxy) is 2. The molecule has 1 saturated heterocycles. The van der Waals surface area contributed by atoms with Gasteiger partial charge in [0.15, 0.2) is 0 Å². The number of hydrogen-bond donors (Lipinski definition) is 1. The lowest BCUT2D eigenvalue weighted by atomic mass is 9.80. The van der Waals surface area contributed by atoms with E-state index in [9.17, 15) is 9.59 Å². The molecule has 148 valence electrons. The van der Waals surface area contributed by atoms with Crippen LogP contribution in [0.4, 0.5) is 0 Å². The Labute approximate surface area is 164 Å². The van der Waals surface area contributed by atoms with Crippen molar-refractivity contribution in [2.75, 3.05) is 27.3 Å². The van der Waals surface area contributed by atoms with Crippen molar-refractivity contribution < 1.29 is 19.1 Å². The van der Waals surface area contributed by atoms with E-state index < -0.39 is 0 Å². The predicted molar refractivity (Wildman–Crippen MR) is 106 cm³/mol. The van der Waals surface area contributed by atoms with Crippen LogP contribution >= 0.6 is 0 Å². The molecule has 2 aromatic rings. The average molecular weight is 382 g/mol. The molecule has 0 radical (unpaired) electrons. The maximum atomic E-state index is 12.0. The summed E-state index contributed by atoms with van der Waals surface area (Å²) in [4.78, 5) is 29.7. The molecule has 1 fully saturated rings. The van der Waals surface area contributed by atoms with Gasteiger partial charge >= 0.3 is 11.9 Å². The second-order valence-corrected chi connectivity index (χ2v) is 7.58. The molecule has 1 N–H and O–H groups in total. The Morgan fingerprint density at radius 1 is 1.25 bits per heavy atom. The minimum Gasteiger partial charge on any atom is -0.469 e. The van der Waals surface area contributed by atoms with Gasteiger partial charge in [-0.25, -0.2) is 4.79 Å². The van der Waals surface area contributed by atoms with Crippen molar-refractivity contribution in [3.63, 3.8) is 0 Å². The number of fused-ring (bicyclic) bond motifs is 5. The fourth-order valence-electron chi connectivity index (χ4n) is 4.67. The summed E-state index contributed by atoms with van der Waals surface area (Å²) < 4.78 is 9.67. The highest BCUT2D eigenvalue weighted by atomic mass is 16.5. The van der Waals surface area contributed by atoms with Gasteiger partial charge in [-0.3, -0.25) is 9.69 Å². The number of aromatic nitrogens is 1. The Kier molecular flexibility index (Phi) is 5.22. The lowest BCUT2D eigenvalue weighted by molar-refractivity contribution is -0.141. The summed E-state index contributed by atoms with van der Waals surface area (Å²) in [6.45, 7) is 1.82. The van der Waals surface area contributed by atoms with Gasteiger partial charge in [0.25, 0.3) is 0 Å². The molecule has 1 aromatic carbocycles. The van der Waals surface area contributed by atoms with Crippen molar-refractivity contribution in [2.24, 2.45) is 5.92 Å². The quantitative estimate of drug-likeness (QED) is 0.650. The van der Waals surface area contributed by atoms with Gasteiger partial charge in [-0.2, -0.15) is 0 Å². The van der Waals surface area contributed by atoms with Crippen molar-refractivity contribution in [3.05, 3.63) is 47.2 Å². The summed E-state index contributed by atoms with van der Waals surface area (Å²) in [6.07, 6.45) is 4.43. The monoisotopic (exact) mass is 382 g/mol. The van der Waals surface area contributed by atoms with E-state index in [4.69, 9.17) is 9.47 Å². The zero-order valence-electron chi connectivity index (χ0n) is 16.4. The Morgan fingerprint density at radius 2 is 2.07 bits per heavy atom. The SMILES string of the molecule is COC(=O)/C=C1\C[C@H]2c3[nH]c4ccccc4c3CCN2C[C@@H]1CCC(=O)OC. The second-order valence-electron chi connectivity index (χ2n) is 7.58. The predicted octanol–water partition coefficient (Wildman–Crippen LogP) is 3.14. The third-order valence-corrected chi connectivity index (χ3v) is 6.11. The summed E-state index contributed by atoms with van der Waals surface area (Å²) in [6, 6.07) is 8.64. The smallest absolute Gasteiger partial charge is 0.330 e. The van der Waals surface area contributed by atoms with Crippen molar-refractivity contribution in [1.29, 1.82) is 0 Å². The number of nitrogens with zero attached hydrogens (tertiary/aromatic N) is 1. The van der Waals surface area contributed by atoms with Crippen molar-refractivity contribution >= 4 is 22.8 Å². The van der Waals surface area contributed by atoms with Crippen LogP contribution in [0.3, 0.4) is 0 Å². The molecule has 0 saturated carbocycles. The van der Waals surface area contributed by atoms with Gasteiger partial charge < -0.3 is 14.5 Å². The number of H-pyrrole nitrogens is 1. The van der Waals surface area contributed by atoms with Crippen molar-refractivity contribution in [3.8, 4) is 0 Å². The minimum atomic E-state index is -0.334. The summed E-state index contributed by atoms with van der Waals surface area (Å²) in [5.41, 5.74) is 4.88. The number of nitrogens with one attached hydrogen (secondary N) is 1. The van der Waals surface area contributed by atoms with Crippen LogP contribution in [0.5, 0.6) is 0 Å².